The number of esters is 4. The lowest BCUT2D eigenvalue weighted by molar-refractivity contribution is -0.265. The SMILES string of the molecule is CCOC(=O)[C@@H]1OC2(CCC3(CC2)O[C@@H](C(=O)OCC)[C@H](C(=O)OCC)O3)O[C@H]1C(=O)OCC. The normalized spacial score (nSPS) is 29.1. The quantitative estimate of drug-likeness (QED) is 0.352. The summed E-state index contributed by atoms with van der Waals surface area (Å²) in [6.07, 6.45) is -4.49. The summed E-state index contributed by atoms with van der Waals surface area (Å²) in [4.78, 5) is 49.6. The molecule has 3 fully saturated rings. The lowest BCUT2D eigenvalue weighted by Crippen LogP contribution is -2.46. The predicted octanol–water partition coefficient (Wildman–Crippen LogP) is 0.773. The van der Waals surface area contributed by atoms with E-state index >= 15 is 0 Å². The summed E-state index contributed by atoms with van der Waals surface area (Å²) in [5.41, 5.74) is 0. The van der Waals surface area contributed by atoms with Crippen LogP contribution in [0.3, 0.4) is 0 Å². The van der Waals surface area contributed by atoms with E-state index in [0.29, 0.717) is 0 Å². The Bertz CT molecular complexity index is 652. The van der Waals surface area contributed by atoms with Gasteiger partial charge in [0, 0.05) is 25.7 Å². The standard InChI is InChI=1S/C22H32O12/c1-5-27-17(23)13-14(18(24)28-6-2)32-21(31-13)9-11-22(12-10-21)33-15(19(25)29-7-3)16(34-22)20(26)30-8-4/h13-16H,5-12H2,1-4H3/t13-,14-,15-,16-/m1/s1. The van der Waals surface area contributed by atoms with E-state index < -0.39 is 59.9 Å². The monoisotopic (exact) mass is 488 g/mol. The molecule has 0 aromatic carbocycles. The van der Waals surface area contributed by atoms with Gasteiger partial charge in [-0.1, -0.05) is 0 Å². The maximum atomic E-state index is 12.4. The maximum absolute atomic E-state index is 12.4. The second-order valence-corrected chi connectivity index (χ2v) is 7.98. The molecule has 3 rings (SSSR count). The number of hydrogen-bond donors (Lipinski definition) is 0. The van der Waals surface area contributed by atoms with Gasteiger partial charge in [0.15, 0.2) is 36.0 Å². The molecule has 2 spiro atoms. The smallest absolute Gasteiger partial charge is 0.338 e. The van der Waals surface area contributed by atoms with Gasteiger partial charge in [0.2, 0.25) is 0 Å². The average Bonchev–Trinajstić information content (AvgIpc) is 3.37. The van der Waals surface area contributed by atoms with Gasteiger partial charge in [-0.3, -0.25) is 0 Å². The van der Waals surface area contributed by atoms with Gasteiger partial charge in [0.25, 0.3) is 0 Å². The molecule has 2 aliphatic heterocycles. The van der Waals surface area contributed by atoms with E-state index in [4.69, 9.17) is 37.9 Å². The van der Waals surface area contributed by atoms with Crippen LogP contribution in [-0.4, -0.2) is 86.3 Å². The Hall–Kier alpha value is -2.28. The van der Waals surface area contributed by atoms with Crippen molar-refractivity contribution < 1.29 is 57.1 Å². The lowest BCUT2D eigenvalue weighted by atomic mass is 9.89. The third kappa shape index (κ3) is 5.35. The Morgan fingerprint density at radius 3 is 0.912 bits per heavy atom. The first-order chi connectivity index (χ1) is 16.2. The number of carbonyl (C=O) groups excluding carboxylic acids is 4. The second-order valence-electron chi connectivity index (χ2n) is 7.98. The molecule has 192 valence electrons. The van der Waals surface area contributed by atoms with Gasteiger partial charge in [0.05, 0.1) is 26.4 Å². The van der Waals surface area contributed by atoms with E-state index in [1.54, 1.807) is 27.7 Å². The molecule has 0 radical (unpaired) electrons. The molecule has 1 saturated carbocycles. The van der Waals surface area contributed by atoms with Crippen LogP contribution >= 0.6 is 0 Å². The summed E-state index contributed by atoms with van der Waals surface area (Å²) in [5.74, 6) is -5.47. The fraction of sp³-hybridized carbons (Fsp3) is 0.818. The van der Waals surface area contributed by atoms with Gasteiger partial charge in [-0.2, -0.15) is 0 Å². The zero-order valence-corrected chi connectivity index (χ0v) is 19.9. The van der Waals surface area contributed by atoms with Crippen LogP contribution in [0, 0.1) is 0 Å². The molecule has 3 aliphatic rings. The molecule has 1 aliphatic carbocycles. The van der Waals surface area contributed by atoms with Crippen molar-refractivity contribution in [2.75, 3.05) is 26.4 Å². The fourth-order valence-corrected chi connectivity index (χ4v) is 4.30. The molecule has 0 aromatic rings. The Morgan fingerprint density at radius 2 is 0.735 bits per heavy atom. The zero-order chi connectivity index (χ0) is 24.9. The largest absolute Gasteiger partial charge is 0.464 e. The van der Waals surface area contributed by atoms with E-state index in [-0.39, 0.29) is 52.1 Å². The van der Waals surface area contributed by atoms with Crippen LogP contribution < -0.4 is 0 Å². The van der Waals surface area contributed by atoms with Gasteiger partial charge < -0.3 is 37.9 Å². The summed E-state index contributed by atoms with van der Waals surface area (Å²) in [6.45, 7) is 6.99. The molecule has 0 bridgehead atoms. The van der Waals surface area contributed by atoms with E-state index in [1.807, 2.05) is 0 Å². The molecule has 0 amide bonds. The fourth-order valence-electron chi connectivity index (χ4n) is 4.30. The predicted molar refractivity (Wildman–Crippen MR) is 110 cm³/mol. The average molecular weight is 488 g/mol. The molecule has 12 heteroatoms. The maximum Gasteiger partial charge on any atom is 0.338 e. The van der Waals surface area contributed by atoms with Crippen molar-refractivity contribution in [2.45, 2.75) is 89.4 Å². The third-order valence-corrected chi connectivity index (χ3v) is 5.77. The minimum atomic E-state index is -1.28. The topological polar surface area (TPSA) is 142 Å². The molecular weight excluding hydrogens is 456 g/mol. The third-order valence-electron chi connectivity index (χ3n) is 5.77. The number of carbonyl (C=O) groups is 4. The molecule has 2 heterocycles. The highest BCUT2D eigenvalue weighted by Crippen LogP contribution is 2.49. The minimum Gasteiger partial charge on any atom is -0.464 e. The van der Waals surface area contributed by atoms with Crippen molar-refractivity contribution in [3.8, 4) is 0 Å². The Kier molecular flexibility index (Phi) is 8.50. The van der Waals surface area contributed by atoms with Crippen molar-refractivity contribution in [1.29, 1.82) is 0 Å². The molecule has 2 saturated heterocycles. The van der Waals surface area contributed by atoms with Gasteiger partial charge in [-0.25, -0.2) is 19.2 Å². The van der Waals surface area contributed by atoms with Crippen molar-refractivity contribution >= 4 is 23.9 Å². The first kappa shape index (κ1) is 26.3. The molecule has 0 N–H and O–H groups in total. The molecule has 0 aromatic heterocycles. The molecule has 34 heavy (non-hydrogen) atoms. The van der Waals surface area contributed by atoms with Gasteiger partial charge in [-0.15, -0.1) is 0 Å². The summed E-state index contributed by atoms with van der Waals surface area (Å²) in [6, 6.07) is 0. The van der Waals surface area contributed by atoms with E-state index in [9.17, 15) is 19.2 Å². The van der Waals surface area contributed by atoms with E-state index in [2.05, 4.69) is 0 Å². The Morgan fingerprint density at radius 1 is 0.529 bits per heavy atom. The minimum absolute atomic E-state index is 0.108. The molecule has 0 unspecified atom stereocenters. The second kappa shape index (κ2) is 11.0. The highest BCUT2D eigenvalue weighted by atomic mass is 16.8. The molecular formula is C22H32O12. The van der Waals surface area contributed by atoms with E-state index in [0.717, 1.165) is 0 Å². The number of ether oxygens (including phenoxy) is 8. The summed E-state index contributed by atoms with van der Waals surface area (Å²) >= 11 is 0. The van der Waals surface area contributed by atoms with Crippen LogP contribution in [0.25, 0.3) is 0 Å². The van der Waals surface area contributed by atoms with Gasteiger partial charge in [0.1, 0.15) is 0 Å². The summed E-state index contributed by atoms with van der Waals surface area (Å²) in [5, 5.41) is 0. The van der Waals surface area contributed by atoms with Crippen LogP contribution in [0.5, 0.6) is 0 Å². The molecule has 12 nitrogen and oxygen atoms in total. The van der Waals surface area contributed by atoms with Gasteiger partial charge >= 0.3 is 23.9 Å². The first-order valence-electron chi connectivity index (χ1n) is 11.6. The highest BCUT2D eigenvalue weighted by molar-refractivity contribution is 5.87. The van der Waals surface area contributed by atoms with Crippen LogP contribution in [0.1, 0.15) is 53.4 Å². The number of rotatable bonds is 8. The lowest BCUT2D eigenvalue weighted by Gasteiger charge is -2.40. The zero-order valence-electron chi connectivity index (χ0n) is 19.9. The van der Waals surface area contributed by atoms with Crippen molar-refractivity contribution in [1.82, 2.24) is 0 Å². The Labute approximate surface area is 197 Å². The van der Waals surface area contributed by atoms with Crippen LogP contribution in [0.2, 0.25) is 0 Å². The number of hydrogen-bond acceptors (Lipinski definition) is 12. The van der Waals surface area contributed by atoms with Crippen molar-refractivity contribution in [3.63, 3.8) is 0 Å². The van der Waals surface area contributed by atoms with Crippen molar-refractivity contribution in [3.05, 3.63) is 0 Å². The van der Waals surface area contributed by atoms with E-state index in [1.165, 1.54) is 0 Å². The first-order valence-corrected chi connectivity index (χ1v) is 11.6. The van der Waals surface area contributed by atoms with Crippen molar-refractivity contribution in [2.24, 2.45) is 0 Å². The summed E-state index contributed by atoms with van der Waals surface area (Å²) in [7, 11) is 0. The van der Waals surface area contributed by atoms with Crippen LogP contribution in [0.4, 0.5) is 0 Å². The summed E-state index contributed by atoms with van der Waals surface area (Å²) < 4.78 is 43.8. The molecule has 4 atom stereocenters. The van der Waals surface area contributed by atoms with Crippen LogP contribution in [0.15, 0.2) is 0 Å². The van der Waals surface area contributed by atoms with Gasteiger partial charge in [-0.05, 0) is 27.7 Å². The van der Waals surface area contributed by atoms with Crippen LogP contribution in [-0.2, 0) is 57.1 Å². The highest BCUT2D eigenvalue weighted by Gasteiger charge is 2.62. The Balaban J connectivity index is 1.74.